The van der Waals surface area contributed by atoms with Gasteiger partial charge in [0.15, 0.2) is 5.03 Å². The molecule has 0 spiro atoms. The molecule has 2 aromatic heterocycles. The molecule has 0 aromatic carbocycles. The highest BCUT2D eigenvalue weighted by Gasteiger charge is 2.38. The first-order valence-electron chi connectivity index (χ1n) is 9.46. The first-order chi connectivity index (χ1) is 13.3. The van der Waals surface area contributed by atoms with Gasteiger partial charge in [0.25, 0.3) is 15.6 Å². The van der Waals surface area contributed by atoms with Gasteiger partial charge in [0.1, 0.15) is 5.82 Å². The zero-order valence-electron chi connectivity index (χ0n) is 16.3. The summed E-state index contributed by atoms with van der Waals surface area (Å²) in [5.74, 6) is 2.85. The number of sulfonamides is 1. The van der Waals surface area contributed by atoms with Crippen LogP contribution in [0.4, 0.5) is 0 Å². The van der Waals surface area contributed by atoms with Crippen molar-refractivity contribution >= 4 is 21.8 Å². The van der Waals surface area contributed by atoms with Crippen molar-refractivity contribution in [3.8, 4) is 0 Å². The van der Waals surface area contributed by atoms with Crippen molar-refractivity contribution in [1.29, 1.82) is 0 Å². The van der Waals surface area contributed by atoms with Crippen LogP contribution in [0.25, 0.3) is 0 Å². The van der Waals surface area contributed by atoms with Gasteiger partial charge in [-0.25, -0.2) is 18.1 Å². The van der Waals surface area contributed by atoms with Gasteiger partial charge in [0.2, 0.25) is 0 Å². The van der Waals surface area contributed by atoms with Gasteiger partial charge >= 0.3 is 0 Å². The maximum absolute atomic E-state index is 12.8. The van der Waals surface area contributed by atoms with E-state index < -0.39 is 10.0 Å². The Hall–Kier alpha value is -1.65. The molecule has 2 aliphatic heterocycles. The Morgan fingerprint density at radius 3 is 2.75 bits per heavy atom. The van der Waals surface area contributed by atoms with E-state index in [2.05, 4.69) is 10.1 Å². The fraction of sp³-hybridized carbons (Fsp3) is 0.611. The van der Waals surface area contributed by atoms with Crippen LogP contribution in [0.2, 0.25) is 0 Å². The second-order valence-electron chi connectivity index (χ2n) is 7.83. The molecule has 0 unspecified atom stereocenters. The van der Waals surface area contributed by atoms with Gasteiger partial charge in [-0.1, -0.05) is 13.8 Å². The average Bonchev–Trinajstić information content (AvgIpc) is 3.00. The summed E-state index contributed by atoms with van der Waals surface area (Å²) in [6.45, 7) is 5.19. The summed E-state index contributed by atoms with van der Waals surface area (Å²) in [5.41, 5.74) is 1.93. The van der Waals surface area contributed by atoms with Crippen molar-refractivity contribution in [3.05, 3.63) is 39.7 Å². The molecule has 0 radical (unpaired) electrons. The summed E-state index contributed by atoms with van der Waals surface area (Å²) in [7, 11) is -1.78. The van der Waals surface area contributed by atoms with Crippen molar-refractivity contribution in [2.75, 3.05) is 18.8 Å². The van der Waals surface area contributed by atoms with E-state index in [-0.39, 0.29) is 22.4 Å². The van der Waals surface area contributed by atoms with Gasteiger partial charge in [-0.05, 0) is 11.3 Å². The second-order valence-corrected chi connectivity index (χ2v) is 10.8. The molecule has 0 N–H and O–H groups in total. The number of imidazole rings is 1. The van der Waals surface area contributed by atoms with Gasteiger partial charge in [-0.3, -0.25) is 4.79 Å². The molecule has 0 bridgehead atoms. The SMILES string of the molecule is CC(C)c1nc(S(=O)(=O)N2CC(Cn3nc4c(cc3=O)CSCC4)C2)cn1C. The van der Waals surface area contributed by atoms with Crippen LogP contribution in [-0.2, 0) is 35.8 Å². The maximum Gasteiger partial charge on any atom is 0.267 e. The van der Waals surface area contributed by atoms with Gasteiger partial charge in [-0.2, -0.15) is 21.2 Å². The van der Waals surface area contributed by atoms with Crippen LogP contribution in [0.3, 0.4) is 0 Å². The molecule has 4 heterocycles. The molecular weight excluding hydrogens is 398 g/mol. The van der Waals surface area contributed by atoms with E-state index in [4.69, 9.17) is 0 Å². The smallest absolute Gasteiger partial charge is 0.267 e. The molecular formula is C18H25N5O3S2. The Labute approximate surface area is 169 Å². The van der Waals surface area contributed by atoms with Crippen molar-refractivity contribution in [2.45, 2.75) is 43.5 Å². The summed E-state index contributed by atoms with van der Waals surface area (Å²) >= 11 is 1.82. The minimum absolute atomic E-state index is 0.0873. The second kappa shape index (κ2) is 7.31. The summed E-state index contributed by atoms with van der Waals surface area (Å²) < 4.78 is 30.3. The molecule has 1 fully saturated rings. The van der Waals surface area contributed by atoms with Crippen molar-refractivity contribution in [2.24, 2.45) is 13.0 Å². The molecule has 0 amide bonds. The van der Waals surface area contributed by atoms with Crippen LogP contribution in [0, 0.1) is 5.92 Å². The molecule has 152 valence electrons. The predicted octanol–water partition coefficient (Wildman–Crippen LogP) is 1.21. The number of hydrogen-bond acceptors (Lipinski definition) is 6. The molecule has 0 atom stereocenters. The summed E-state index contributed by atoms with van der Waals surface area (Å²) in [4.78, 5) is 16.6. The molecule has 8 nitrogen and oxygen atoms in total. The minimum Gasteiger partial charge on any atom is -0.336 e. The Bertz CT molecular complexity index is 1050. The van der Waals surface area contributed by atoms with Crippen LogP contribution < -0.4 is 5.56 Å². The summed E-state index contributed by atoms with van der Waals surface area (Å²) in [6.07, 6.45) is 2.45. The van der Waals surface area contributed by atoms with Crippen LogP contribution in [0.1, 0.15) is 36.8 Å². The molecule has 4 rings (SSSR count). The van der Waals surface area contributed by atoms with Crippen LogP contribution in [0.5, 0.6) is 0 Å². The van der Waals surface area contributed by atoms with Gasteiger partial charge in [0.05, 0.1) is 12.2 Å². The molecule has 2 aliphatic rings. The maximum atomic E-state index is 12.8. The molecule has 1 saturated heterocycles. The highest BCUT2D eigenvalue weighted by Crippen LogP contribution is 2.27. The average molecular weight is 424 g/mol. The minimum atomic E-state index is -3.60. The third-order valence-corrected chi connectivity index (χ3v) is 7.98. The Morgan fingerprint density at radius 1 is 1.32 bits per heavy atom. The monoisotopic (exact) mass is 423 g/mol. The number of rotatable bonds is 5. The zero-order chi connectivity index (χ0) is 20.1. The number of thioether (sulfide) groups is 1. The van der Waals surface area contributed by atoms with Crippen molar-refractivity contribution in [1.82, 2.24) is 23.6 Å². The zero-order valence-corrected chi connectivity index (χ0v) is 18.0. The quantitative estimate of drug-likeness (QED) is 0.718. The third-order valence-electron chi connectivity index (χ3n) is 5.27. The highest BCUT2D eigenvalue weighted by atomic mass is 32.2. The lowest BCUT2D eigenvalue weighted by Gasteiger charge is -2.37. The fourth-order valence-corrected chi connectivity index (χ4v) is 6.24. The van der Waals surface area contributed by atoms with Crippen LogP contribution >= 0.6 is 11.8 Å². The van der Waals surface area contributed by atoms with Gasteiger partial charge in [-0.15, -0.1) is 0 Å². The third kappa shape index (κ3) is 3.53. The highest BCUT2D eigenvalue weighted by molar-refractivity contribution is 7.98. The summed E-state index contributed by atoms with van der Waals surface area (Å²) in [6, 6.07) is 1.68. The van der Waals surface area contributed by atoms with E-state index in [1.54, 1.807) is 16.8 Å². The lowest BCUT2D eigenvalue weighted by molar-refractivity contribution is 0.172. The standard InChI is InChI=1S/C18H25N5O3S2/c1-12(2)18-19-16(10-21(18)3)28(25,26)22-7-13(8-22)9-23-17(24)6-14-11-27-5-4-15(14)20-23/h6,10,12-13H,4-5,7-9,11H2,1-3H3. The fourth-order valence-electron chi connectivity index (χ4n) is 3.71. The van der Waals surface area contributed by atoms with Crippen LogP contribution in [-0.4, -0.2) is 50.9 Å². The van der Waals surface area contributed by atoms with E-state index >= 15 is 0 Å². The predicted molar refractivity (Wildman–Crippen MR) is 108 cm³/mol. The Balaban J connectivity index is 1.45. The number of aromatic nitrogens is 4. The van der Waals surface area contributed by atoms with Crippen molar-refractivity contribution in [3.63, 3.8) is 0 Å². The Kier molecular flexibility index (Phi) is 5.13. The topological polar surface area (TPSA) is 90.1 Å². The lowest BCUT2D eigenvalue weighted by atomic mass is 10.0. The lowest BCUT2D eigenvalue weighted by Crippen LogP contribution is -2.52. The van der Waals surface area contributed by atoms with E-state index in [1.807, 2.05) is 32.7 Å². The number of nitrogens with zero attached hydrogens (tertiary/aromatic N) is 5. The van der Waals surface area contributed by atoms with Crippen molar-refractivity contribution < 1.29 is 8.42 Å². The first kappa shape index (κ1) is 19.7. The normalized spacial score (nSPS) is 18.3. The van der Waals surface area contributed by atoms with E-state index in [9.17, 15) is 13.2 Å². The Morgan fingerprint density at radius 2 is 2.07 bits per heavy atom. The molecule has 0 saturated carbocycles. The first-order valence-corrected chi connectivity index (χ1v) is 12.1. The molecule has 10 heteroatoms. The molecule has 2 aromatic rings. The number of fused-ring (bicyclic) bond motifs is 1. The molecule has 28 heavy (non-hydrogen) atoms. The van der Waals surface area contributed by atoms with Gasteiger partial charge in [0, 0.05) is 56.4 Å². The summed E-state index contributed by atoms with van der Waals surface area (Å²) in [5, 5.41) is 4.62. The van der Waals surface area contributed by atoms with Gasteiger partial charge < -0.3 is 4.57 Å². The molecule has 0 aliphatic carbocycles. The largest absolute Gasteiger partial charge is 0.336 e. The number of hydrogen-bond donors (Lipinski definition) is 0. The van der Waals surface area contributed by atoms with E-state index in [0.717, 1.165) is 35.0 Å². The number of aryl methyl sites for hydroxylation is 2. The van der Waals surface area contributed by atoms with Crippen LogP contribution in [0.15, 0.2) is 22.1 Å². The van der Waals surface area contributed by atoms with E-state index in [1.165, 1.54) is 8.99 Å². The van der Waals surface area contributed by atoms with E-state index in [0.29, 0.717) is 19.6 Å².